The normalized spacial score (nSPS) is 12.7. The summed E-state index contributed by atoms with van der Waals surface area (Å²) in [4.78, 5) is 12.5. The maximum absolute atomic E-state index is 12.5. The summed E-state index contributed by atoms with van der Waals surface area (Å²) in [5, 5.41) is 11.1. The molecule has 7 nitrogen and oxygen atoms in total. The molecule has 1 N–H and O–H groups in total. The highest BCUT2D eigenvalue weighted by Crippen LogP contribution is 2.28. The van der Waals surface area contributed by atoms with Crippen molar-refractivity contribution in [3.8, 4) is 0 Å². The molecular formula is C14H17ClN4O3S3. The first kappa shape index (κ1) is 20.0. The molecule has 1 aromatic carbocycles. The van der Waals surface area contributed by atoms with Crippen LogP contribution in [0.2, 0.25) is 5.02 Å². The van der Waals surface area contributed by atoms with E-state index in [4.69, 9.17) is 11.6 Å². The Hall–Kier alpha value is -1.36. The van der Waals surface area contributed by atoms with Crippen LogP contribution in [0.5, 0.6) is 0 Å². The number of sulfonamides is 1. The molecule has 11 heteroatoms. The average Bonchev–Trinajstić information content (AvgIpc) is 2.97. The lowest BCUT2D eigenvalue weighted by Crippen LogP contribution is -2.45. The minimum atomic E-state index is -3.71. The second-order valence-corrected chi connectivity index (χ2v) is 9.53. The van der Waals surface area contributed by atoms with E-state index in [1.807, 2.05) is 13.2 Å². The highest BCUT2D eigenvalue weighted by atomic mass is 35.5. The van der Waals surface area contributed by atoms with Crippen molar-refractivity contribution in [3.05, 3.63) is 28.8 Å². The highest BCUT2D eigenvalue weighted by molar-refractivity contribution is 8.00. The fraction of sp³-hybridized carbons (Fsp3) is 0.357. The fourth-order valence-electron chi connectivity index (χ4n) is 2.08. The summed E-state index contributed by atoms with van der Waals surface area (Å²) in [7, 11) is -3.71. The van der Waals surface area contributed by atoms with Crippen LogP contribution in [0.25, 0.3) is 0 Å². The van der Waals surface area contributed by atoms with Crippen molar-refractivity contribution < 1.29 is 13.2 Å². The van der Waals surface area contributed by atoms with Gasteiger partial charge in [0.15, 0.2) is 4.34 Å². The molecule has 1 heterocycles. The van der Waals surface area contributed by atoms with Crippen LogP contribution in [0.15, 0.2) is 22.5 Å². The van der Waals surface area contributed by atoms with Crippen molar-refractivity contribution in [1.29, 1.82) is 0 Å². The van der Waals surface area contributed by atoms with Crippen LogP contribution < -0.4 is 9.62 Å². The third-order valence-corrected chi connectivity index (χ3v) is 6.77. The van der Waals surface area contributed by atoms with E-state index >= 15 is 0 Å². The smallest absolute Gasteiger partial charge is 0.249 e. The zero-order valence-corrected chi connectivity index (χ0v) is 17.2. The topological polar surface area (TPSA) is 92.3 Å². The number of nitrogens with zero attached hydrogens (tertiary/aromatic N) is 3. The van der Waals surface area contributed by atoms with E-state index in [0.29, 0.717) is 20.2 Å². The SMILES string of the molecule is CSc1nnc(NC(=O)[C@@H](C)N(c2ccc(C)c(Cl)c2)S(C)(=O)=O)s1. The minimum Gasteiger partial charge on any atom is -0.299 e. The number of carbonyl (C=O) groups is 1. The number of aryl methyl sites for hydroxylation is 1. The number of anilines is 2. The van der Waals surface area contributed by atoms with Crippen molar-refractivity contribution in [2.45, 2.75) is 24.2 Å². The molecule has 0 saturated carbocycles. The number of nitrogens with one attached hydrogen (secondary N) is 1. The molecule has 0 fully saturated rings. The van der Waals surface area contributed by atoms with Gasteiger partial charge < -0.3 is 0 Å². The molecule has 0 aliphatic carbocycles. The second kappa shape index (κ2) is 7.90. The van der Waals surface area contributed by atoms with E-state index in [1.165, 1.54) is 36.1 Å². The average molecular weight is 421 g/mol. The molecular weight excluding hydrogens is 404 g/mol. The molecule has 2 aromatic rings. The number of halogens is 1. The van der Waals surface area contributed by atoms with Crippen LogP contribution in [-0.2, 0) is 14.8 Å². The van der Waals surface area contributed by atoms with E-state index in [1.54, 1.807) is 12.1 Å². The molecule has 0 radical (unpaired) electrons. The van der Waals surface area contributed by atoms with Crippen LogP contribution in [0, 0.1) is 6.92 Å². The van der Waals surface area contributed by atoms with Gasteiger partial charge in [-0.25, -0.2) is 8.42 Å². The molecule has 2 rings (SSSR count). The molecule has 0 saturated heterocycles. The van der Waals surface area contributed by atoms with Gasteiger partial charge in [-0.2, -0.15) is 0 Å². The summed E-state index contributed by atoms with van der Waals surface area (Å²) in [5.41, 5.74) is 1.14. The van der Waals surface area contributed by atoms with E-state index in [-0.39, 0.29) is 0 Å². The number of carbonyl (C=O) groups excluding carboxylic acids is 1. The Balaban J connectivity index is 2.30. The standard InChI is InChI=1S/C14H17ClN4O3S3/c1-8-5-6-10(7-11(8)15)19(25(4,21)22)9(2)12(20)16-13-17-18-14(23-3)24-13/h5-7,9H,1-4H3,(H,16,17,20)/t9-/m1/s1. The Bertz CT molecular complexity index is 885. The van der Waals surface area contributed by atoms with Gasteiger partial charge in [-0.1, -0.05) is 40.8 Å². The minimum absolute atomic E-state index is 0.316. The first-order valence-corrected chi connectivity index (χ1v) is 11.3. The van der Waals surface area contributed by atoms with Crippen LogP contribution in [0.1, 0.15) is 12.5 Å². The van der Waals surface area contributed by atoms with Gasteiger partial charge in [-0.3, -0.25) is 14.4 Å². The van der Waals surface area contributed by atoms with Gasteiger partial charge in [0.2, 0.25) is 21.1 Å². The summed E-state index contributed by atoms with van der Waals surface area (Å²) >= 11 is 8.73. The van der Waals surface area contributed by atoms with Gasteiger partial charge in [0.05, 0.1) is 11.9 Å². The number of rotatable bonds is 6. The van der Waals surface area contributed by atoms with Crippen molar-refractivity contribution in [3.63, 3.8) is 0 Å². The molecule has 0 aliphatic heterocycles. The summed E-state index contributed by atoms with van der Waals surface area (Å²) in [6.07, 6.45) is 2.89. The predicted molar refractivity (Wildman–Crippen MR) is 103 cm³/mol. The molecule has 1 aromatic heterocycles. The second-order valence-electron chi connectivity index (χ2n) is 5.23. The van der Waals surface area contributed by atoms with E-state index in [0.717, 1.165) is 16.1 Å². The zero-order chi connectivity index (χ0) is 18.8. The zero-order valence-electron chi connectivity index (χ0n) is 14.0. The lowest BCUT2D eigenvalue weighted by Gasteiger charge is -2.28. The third kappa shape index (κ3) is 4.84. The fourth-order valence-corrected chi connectivity index (χ4v) is 4.59. The Morgan fingerprint density at radius 3 is 2.60 bits per heavy atom. The van der Waals surface area contributed by atoms with Crippen LogP contribution in [0.3, 0.4) is 0 Å². The van der Waals surface area contributed by atoms with Crippen molar-refractivity contribution in [1.82, 2.24) is 10.2 Å². The summed E-state index contributed by atoms with van der Waals surface area (Å²) in [6, 6.07) is 3.85. The maximum Gasteiger partial charge on any atom is 0.249 e. The Morgan fingerprint density at radius 2 is 2.08 bits per heavy atom. The van der Waals surface area contributed by atoms with Crippen LogP contribution in [0.4, 0.5) is 10.8 Å². The molecule has 0 spiro atoms. The number of amides is 1. The predicted octanol–water partition coefficient (Wildman–Crippen LogP) is 3.02. The quantitative estimate of drug-likeness (QED) is 0.570. The van der Waals surface area contributed by atoms with Crippen LogP contribution in [-0.4, -0.2) is 43.1 Å². The van der Waals surface area contributed by atoms with Crippen molar-refractivity contribution in [2.24, 2.45) is 0 Å². The Labute approximate surface area is 159 Å². The molecule has 136 valence electrons. The highest BCUT2D eigenvalue weighted by Gasteiger charge is 2.30. The van der Waals surface area contributed by atoms with E-state index in [2.05, 4.69) is 15.5 Å². The van der Waals surface area contributed by atoms with Gasteiger partial charge in [-0.05, 0) is 37.8 Å². The van der Waals surface area contributed by atoms with Gasteiger partial charge in [0.1, 0.15) is 6.04 Å². The Morgan fingerprint density at radius 1 is 1.40 bits per heavy atom. The molecule has 25 heavy (non-hydrogen) atoms. The monoisotopic (exact) mass is 420 g/mol. The molecule has 1 amide bonds. The Kier molecular flexibility index (Phi) is 6.30. The van der Waals surface area contributed by atoms with E-state index < -0.39 is 22.0 Å². The molecule has 1 atom stereocenters. The summed E-state index contributed by atoms with van der Waals surface area (Å²) < 4.78 is 26.2. The lowest BCUT2D eigenvalue weighted by atomic mass is 10.2. The van der Waals surface area contributed by atoms with E-state index in [9.17, 15) is 13.2 Å². The molecule has 0 unspecified atom stereocenters. The number of aromatic nitrogens is 2. The van der Waals surface area contributed by atoms with Crippen molar-refractivity contribution >= 4 is 61.4 Å². The maximum atomic E-state index is 12.5. The summed E-state index contributed by atoms with van der Waals surface area (Å²) in [5.74, 6) is -0.508. The number of benzene rings is 1. The van der Waals surface area contributed by atoms with Gasteiger partial charge in [0.25, 0.3) is 0 Å². The first-order chi connectivity index (χ1) is 11.6. The molecule has 0 aliphatic rings. The van der Waals surface area contributed by atoms with Gasteiger partial charge >= 0.3 is 0 Å². The largest absolute Gasteiger partial charge is 0.299 e. The number of hydrogen-bond acceptors (Lipinski definition) is 7. The lowest BCUT2D eigenvalue weighted by molar-refractivity contribution is -0.116. The van der Waals surface area contributed by atoms with Gasteiger partial charge in [-0.15, -0.1) is 10.2 Å². The number of thioether (sulfide) groups is 1. The summed E-state index contributed by atoms with van der Waals surface area (Å²) in [6.45, 7) is 3.31. The van der Waals surface area contributed by atoms with Crippen molar-refractivity contribution in [2.75, 3.05) is 22.1 Å². The van der Waals surface area contributed by atoms with Crippen LogP contribution >= 0.6 is 34.7 Å². The third-order valence-electron chi connectivity index (χ3n) is 3.31. The molecule has 0 bridgehead atoms. The van der Waals surface area contributed by atoms with Gasteiger partial charge in [0, 0.05) is 5.02 Å². The first-order valence-electron chi connectivity index (χ1n) is 7.07. The number of hydrogen-bond donors (Lipinski definition) is 1.